The van der Waals surface area contributed by atoms with E-state index in [1.165, 1.54) is 44.9 Å². The SMILES string of the molecule is C#CC(O)(CCCCCCCCCC)C(C)C. The summed E-state index contributed by atoms with van der Waals surface area (Å²) in [6, 6.07) is 0. The number of unbranched alkanes of at least 4 members (excludes halogenated alkanes) is 7. The molecule has 0 spiro atoms. The lowest BCUT2D eigenvalue weighted by molar-refractivity contribution is 0.0422. The van der Waals surface area contributed by atoms with Crippen LogP contribution in [0.2, 0.25) is 0 Å². The van der Waals surface area contributed by atoms with E-state index in [0.29, 0.717) is 0 Å². The first-order valence-electron chi connectivity index (χ1n) is 7.27. The number of terminal acetylenes is 1. The molecular formula is C16H30O. The van der Waals surface area contributed by atoms with Gasteiger partial charge < -0.3 is 5.11 Å². The molecule has 0 saturated heterocycles. The maximum absolute atomic E-state index is 10.1. The molecule has 17 heavy (non-hydrogen) atoms. The van der Waals surface area contributed by atoms with Crippen LogP contribution in [0.4, 0.5) is 0 Å². The minimum atomic E-state index is -0.887. The van der Waals surface area contributed by atoms with Crippen LogP contribution in [-0.4, -0.2) is 10.7 Å². The molecule has 1 nitrogen and oxygen atoms in total. The fourth-order valence-electron chi connectivity index (χ4n) is 2.06. The van der Waals surface area contributed by atoms with Gasteiger partial charge in [-0.3, -0.25) is 0 Å². The normalized spacial score (nSPS) is 14.6. The number of hydrogen-bond donors (Lipinski definition) is 1. The van der Waals surface area contributed by atoms with Gasteiger partial charge in [-0.05, 0) is 18.8 Å². The summed E-state index contributed by atoms with van der Waals surface area (Å²) < 4.78 is 0. The third kappa shape index (κ3) is 7.45. The molecule has 100 valence electrons. The second-order valence-corrected chi connectivity index (χ2v) is 5.45. The quantitative estimate of drug-likeness (QED) is 0.438. The third-order valence-electron chi connectivity index (χ3n) is 3.62. The Morgan fingerprint density at radius 3 is 1.88 bits per heavy atom. The number of rotatable bonds is 10. The van der Waals surface area contributed by atoms with Gasteiger partial charge in [0.2, 0.25) is 0 Å². The minimum Gasteiger partial charge on any atom is -0.377 e. The van der Waals surface area contributed by atoms with Crippen LogP contribution in [-0.2, 0) is 0 Å². The van der Waals surface area contributed by atoms with Gasteiger partial charge in [0.25, 0.3) is 0 Å². The molecule has 0 saturated carbocycles. The van der Waals surface area contributed by atoms with Gasteiger partial charge in [-0.25, -0.2) is 0 Å². The summed E-state index contributed by atoms with van der Waals surface area (Å²) in [5.74, 6) is 2.70. The molecule has 0 amide bonds. The highest BCUT2D eigenvalue weighted by atomic mass is 16.3. The Labute approximate surface area is 108 Å². The average Bonchev–Trinajstić information content (AvgIpc) is 2.32. The molecule has 0 aromatic rings. The number of hydrogen-bond acceptors (Lipinski definition) is 1. The van der Waals surface area contributed by atoms with Crippen LogP contribution < -0.4 is 0 Å². The van der Waals surface area contributed by atoms with E-state index in [-0.39, 0.29) is 5.92 Å². The summed E-state index contributed by atoms with van der Waals surface area (Å²) in [6.07, 6.45) is 16.4. The fraction of sp³-hybridized carbons (Fsp3) is 0.875. The Bertz CT molecular complexity index is 214. The van der Waals surface area contributed by atoms with Crippen molar-refractivity contribution < 1.29 is 5.11 Å². The molecule has 0 heterocycles. The van der Waals surface area contributed by atoms with Crippen molar-refractivity contribution in [2.45, 2.75) is 84.2 Å². The number of aliphatic hydroxyl groups is 1. The Balaban J connectivity index is 3.48. The Morgan fingerprint density at radius 2 is 1.47 bits per heavy atom. The van der Waals surface area contributed by atoms with Gasteiger partial charge >= 0.3 is 0 Å². The lowest BCUT2D eigenvalue weighted by atomic mass is 9.86. The molecule has 0 fully saturated rings. The van der Waals surface area contributed by atoms with Crippen molar-refractivity contribution in [2.24, 2.45) is 5.92 Å². The van der Waals surface area contributed by atoms with E-state index in [2.05, 4.69) is 12.8 Å². The van der Waals surface area contributed by atoms with Crippen LogP contribution in [0, 0.1) is 18.3 Å². The van der Waals surface area contributed by atoms with E-state index in [1.807, 2.05) is 13.8 Å². The van der Waals surface area contributed by atoms with Crippen molar-refractivity contribution in [1.82, 2.24) is 0 Å². The first-order valence-corrected chi connectivity index (χ1v) is 7.27. The molecule has 0 aliphatic carbocycles. The van der Waals surface area contributed by atoms with E-state index >= 15 is 0 Å². The standard InChI is InChI=1S/C16H30O/c1-5-7-8-9-10-11-12-13-14-16(17,6-2)15(3)4/h2,15,17H,5,7-14H2,1,3-4H3. The molecule has 0 aliphatic rings. The Hall–Kier alpha value is -0.480. The Kier molecular flexibility index (Phi) is 9.27. The highest BCUT2D eigenvalue weighted by Gasteiger charge is 2.27. The first kappa shape index (κ1) is 16.5. The maximum atomic E-state index is 10.1. The molecule has 1 unspecified atom stereocenters. The van der Waals surface area contributed by atoms with Crippen molar-refractivity contribution in [3.8, 4) is 12.3 Å². The van der Waals surface area contributed by atoms with Crippen molar-refractivity contribution in [2.75, 3.05) is 0 Å². The van der Waals surface area contributed by atoms with Gasteiger partial charge in [-0.2, -0.15) is 0 Å². The molecule has 1 heteroatoms. The van der Waals surface area contributed by atoms with E-state index in [9.17, 15) is 5.11 Å². The fourth-order valence-corrected chi connectivity index (χ4v) is 2.06. The monoisotopic (exact) mass is 238 g/mol. The van der Waals surface area contributed by atoms with Gasteiger partial charge in [0.15, 0.2) is 0 Å². The van der Waals surface area contributed by atoms with Gasteiger partial charge in [0.05, 0.1) is 0 Å². The van der Waals surface area contributed by atoms with Crippen LogP contribution in [0.3, 0.4) is 0 Å². The maximum Gasteiger partial charge on any atom is 0.127 e. The van der Waals surface area contributed by atoms with E-state index in [0.717, 1.165) is 12.8 Å². The summed E-state index contributed by atoms with van der Waals surface area (Å²) in [7, 11) is 0. The summed E-state index contributed by atoms with van der Waals surface area (Å²) in [5, 5.41) is 10.1. The molecule has 0 aromatic heterocycles. The second-order valence-electron chi connectivity index (χ2n) is 5.45. The van der Waals surface area contributed by atoms with E-state index in [1.54, 1.807) is 0 Å². The zero-order chi connectivity index (χ0) is 13.1. The highest BCUT2D eigenvalue weighted by Crippen LogP contribution is 2.23. The summed E-state index contributed by atoms with van der Waals surface area (Å²) in [4.78, 5) is 0. The van der Waals surface area contributed by atoms with Crippen molar-refractivity contribution in [3.05, 3.63) is 0 Å². The van der Waals surface area contributed by atoms with Gasteiger partial charge in [0.1, 0.15) is 5.60 Å². The molecular weight excluding hydrogens is 208 g/mol. The van der Waals surface area contributed by atoms with E-state index < -0.39 is 5.60 Å². The predicted octanol–water partition coefficient (Wildman–Crippen LogP) is 4.54. The van der Waals surface area contributed by atoms with Crippen LogP contribution in [0.5, 0.6) is 0 Å². The van der Waals surface area contributed by atoms with Gasteiger partial charge in [-0.1, -0.05) is 71.6 Å². The average molecular weight is 238 g/mol. The van der Waals surface area contributed by atoms with Gasteiger partial charge in [-0.15, -0.1) is 6.42 Å². The lowest BCUT2D eigenvalue weighted by Crippen LogP contribution is -2.32. The molecule has 1 atom stereocenters. The van der Waals surface area contributed by atoms with Crippen LogP contribution in [0.1, 0.15) is 78.6 Å². The van der Waals surface area contributed by atoms with Crippen molar-refractivity contribution in [3.63, 3.8) is 0 Å². The van der Waals surface area contributed by atoms with Crippen molar-refractivity contribution in [1.29, 1.82) is 0 Å². The molecule has 0 radical (unpaired) electrons. The van der Waals surface area contributed by atoms with Crippen LogP contribution in [0.15, 0.2) is 0 Å². The smallest absolute Gasteiger partial charge is 0.127 e. The molecule has 0 bridgehead atoms. The largest absolute Gasteiger partial charge is 0.377 e. The lowest BCUT2D eigenvalue weighted by Gasteiger charge is -2.26. The van der Waals surface area contributed by atoms with Gasteiger partial charge in [0, 0.05) is 0 Å². The first-order chi connectivity index (χ1) is 8.06. The van der Waals surface area contributed by atoms with Crippen molar-refractivity contribution >= 4 is 0 Å². The Morgan fingerprint density at radius 1 is 1.00 bits per heavy atom. The predicted molar refractivity (Wildman–Crippen MR) is 75.8 cm³/mol. The van der Waals surface area contributed by atoms with Crippen LogP contribution >= 0.6 is 0 Å². The zero-order valence-electron chi connectivity index (χ0n) is 12.0. The third-order valence-corrected chi connectivity index (χ3v) is 3.62. The molecule has 0 aliphatic heterocycles. The second kappa shape index (κ2) is 9.54. The van der Waals surface area contributed by atoms with E-state index in [4.69, 9.17) is 6.42 Å². The summed E-state index contributed by atoms with van der Waals surface area (Å²) in [6.45, 7) is 6.22. The topological polar surface area (TPSA) is 20.2 Å². The molecule has 0 rings (SSSR count). The zero-order valence-corrected chi connectivity index (χ0v) is 12.0. The molecule has 0 aromatic carbocycles. The molecule has 1 N–H and O–H groups in total. The highest BCUT2D eigenvalue weighted by molar-refractivity contribution is 5.08. The van der Waals surface area contributed by atoms with Crippen LogP contribution in [0.25, 0.3) is 0 Å². The summed E-state index contributed by atoms with van der Waals surface area (Å²) >= 11 is 0. The summed E-state index contributed by atoms with van der Waals surface area (Å²) in [5.41, 5.74) is -0.887. The minimum absolute atomic E-state index is 0.150.